The van der Waals surface area contributed by atoms with Crippen LogP contribution in [0.25, 0.3) is 0 Å². The molecule has 0 aromatic heterocycles. The van der Waals surface area contributed by atoms with Crippen LogP contribution in [0.2, 0.25) is 0 Å². The van der Waals surface area contributed by atoms with E-state index in [2.05, 4.69) is 15.9 Å². The molecule has 1 rings (SSSR count). The van der Waals surface area contributed by atoms with E-state index in [1.54, 1.807) is 13.8 Å². The normalized spacial score (nSPS) is 13.8. The van der Waals surface area contributed by atoms with E-state index < -0.39 is 9.84 Å². The van der Waals surface area contributed by atoms with Gasteiger partial charge in [-0.2, -0.15) is 0 Å². The average molecular weight is 335 g/mol. The zero-order valence-electron chi connectivity index (χ0n) is 10.6. The van der Waals surface area contributed by atoms with Gasteiger partial charge in [0, 0.05) is 17.0 Å². The molecule has 18 heavy (non-hydrogen) atoms. The first-order valence-corrected chi connectivity index (χ1v) is 8.45. The van der Waals surface area contributed by atoms with E-state index in [1.165, 1.54) is 0 Å². The lowest BCUT2D eigenvalue weighted by Gasteiger charge is -2.16. The molecule has 0 aliphatic heterocycles. The van der Waals surface area contributed by atoms with Crippen molar-refractivity contribution < 1.29 is 13.5 Å². The molecular weight excluding hydrogens is 316 g/mol. The molecular formula is C13H19BrO3S. The van der Waals surface area contributed by atoms with Crippen LogP contribution in [0.5, 0.6) is 0 Å². The van der Waals surface area contributed by atoms with E-state index in [1.807, 2.05) is 24.3 Å². The molecule has 0 bridgehead atoms. The number of aliphatic hydroxyl groups is 1. The van der Waals surface area contributed by atoms with Crippen LogP contribution in [0.4, 0.5) is 0 Å². The van der Waals surface area contributed by atoms with Gasteiger partial charge in [-0.3, -0.25) is 0 Å². The minimum absolute atomic E-state index is 0.0325. The van der Waals surface area contributed by atoms with Crippen molar-refractivity contribution in [1.29, 1.82) is 0 Å². The molecule has 1 unspecified atom stereocenters. The summed E-state index contributed by atoms with van der Waals surface area (Å²) in [4.78, 5) is 0. The summed E-state index contributed by atoms with van der Waals surface area (Å²) in [5.41, 5.74) is 0.972. The van der Waals surface area contributed by atoms with Crippen molar-refractivity contribution in [3.8, 4) is 0 Å². The first-order valence-electron chi connectivity index (χ1n) is 5.94. The Kier molecular flexibility index (Phi) is 5.82. The van der Waals surface area contributed by atoms with Crippen molar-refractivity contribution in [3.05, 3.63) is 34.3 Å². The second kappa shape index (κ2) is 6.68. The highest BCUT2D eigenvalue weighted by molar-refractivity contribution is 9.10. The number of rotatable bonds is 6. The summed E-state index contributed by atoms with van der Waals surface area (Å²) in [5, 5.41) is 9.02. The van der Waals surface area contributed by atoms with Gasteiger partial charge in [-0.25, -0.2) is 8.42 Å². The smallest absolute Gasteiger partial charge is 0.152 e. The van der Waals surface area contributed by atoms with E-state index in [9.17, 15) is 13.5 Å². The molecule has 1 aromatic carbocycles. The second-order valence-corrected chi connectivity index (χ2v) is 8.23. The highest BCUT2D eigenvalue weighted by Gasteiger charge is 2.19. The third-order valence-corrected chi connectivity index (χ3v) is 5.80. The molecule has 1 N–H and O–H groups in total. The Bertz CT molecular complexity index is 466. The standard InChI is InChI=1S/C13H19BrO3S/c1-10(2)18(16,17)8-7-12(9-15)11-3-5-13(14)6-4-11/h3-6,10,12,15H,7-9H2,1-2H3. The number of sulfone groups is 1. The molecule has 102 valence electrons. The van der Waals surface area contributed by atoms with Crippen molar-refractivity contribution in [2.45, 2.75) is 31.4 Å². The minimum Gasteiger partial charge on any atom is -0.396 e. The molecule has 1 atom stereocenters. The SMILES string of the molecule is CC(C)S(=O)(=O)CCC(CO)c1ccc(Br)cc1. The van der Waals surface area contributed by atoms with Gasteiger partial charge in [-0.15, -0.1) is 0 Å². The van der Waals surface area contributed by atoms with Gasteiger partial charge >= 0.3 is 0 Å². The lowest BCUT2D eigenvalue weighted by Crippen LogP contribution is -2.20. The van der Waals surface area contributed by atoms with Crippen molar-refractivity contribution in [2.75, 3.05) is 12.4 Å². The molecule has 0 saturated carbocycles. The van der Waals surface area contributed by atoms with Gasteiger partial charge in [0.25, 0.3) is 0 Å². The van der Waals surface area contributed by atoms with Crippen LogP contribution in [0.1, 0.15) is 31.7 Å². The highest BCUT2D eigenvalue weighted by atomic mass is 79.9. The Morgan fingerprint density at radius 2 is 1.78 bits per heavy atom. The Morgan fingerprint density at radius 3 is 2.22 bits per heavy atom. The molecule has 0 spiro atoms. The maximum Gasteiger partial charge on any atom is 0.152 e. The summed E-state index contributed by atoms with van der Waals surface area (Å²) in [7, 11) is -3.04. The third-order valence-electron chi connectivity index (χ3n) is 3.03. The summed E-state index contributed by atoms with van der Waals surface area (Å²) in [6.45, 7) is 3.33. The minimum atomic E-state index is -3.04. The Balaban J connectivity index is 2.72. The van der Waals surface area contributed by atoms with Gasteiger partial charge < -0.3 is 5.11 Å². The maximum absolute atomic E-state index is 11.7. The Labute approximate surface area is 117 Å². The molecule has 3 nitrogen and oxygen atoms in total. The number of halogens is 1. The predicted octanol–water partition coefficient (Wildman–Crippen LogP) is 2.74. The Morgan fingerprint density at radius 1 is 1.22 bits per heavy atom. The topological polar surface area (TPSA) is 54.4 Å². The molecule has 0 radical (unpaired) electrons. The van der Waals surface area contributed by atoms with E-state index in [4.69, 9.17) is 0 Å². The Hall–Kier alpha value is -0.390. The molecule has 0 aliphatic rings. The van der Waals surface area contributed by atoms with Crippen LogP contribution >= 0.6 is 15.9 Å². The van der Waals surface area contributed by atoms with Gasteiger partial charge in [-0.05, 0) is 38.0 Å². The molecule has 0 saturated heterocycles. The summed E-state index contributed by atoms with van der Waals surface area (Å²) >= 11 is 3.35. The maximum atomic E-state index is 11.7. The van der Waals surface area contributed by atoms with Crippen molar-refractivity contribution in [3.63, 3.8) is 0 Å². The van der Waals surface area contributed by atoms with Crippen LogP contribution in [-0.2, 0) is 9.84 Å². The number of hydrogen-bond donors (Lipinski definition) is 1. The monoisotopic (exact) mass is 334 g/mol. The van der Waals surface area contributed by atoms with Crippen LogP contribution < -0.4 is 0 Å². The fraction of sp³-hybridized carbons (Fsp3) is 0.538. The van der Waals surface area contributed by atoms with Gasteiger partial charge in [0.05, 0.1) is 11.0 Å². The largest absolute Gasteiger partial charge is 0.396 e. The number of hydrogen-bond acceptors (Lipinski definition) is 3. The van der Waals surface area contributed by atoms with E-state index in [-0.39, 0.29) is 23.5 Å². The zero-order valence-corrected chi connectivity index (χ0v) is 13.0. The second-order valence-electron chi connectivity index (χ2n) is 4.64. The van der Waals surface area contributed by atoms with Gasteiger partial charge in [-0.1, -0.05) is 28.1 Å². The van der Waals surface area contributed by atoms with Crippen molar-refractivity contribution in [1.82, 2.24) is 0 Å². The van der Waals surface area contributed by atoms with Crippen LogP contribution in [0.15, 0.2) is 28.7 Å². The third kappa shape index (κ3) is 4.37. The highest BCUT2D eigenvalue weighted by Crippen LogP contribution is 2.22. The fourth-order valence-corrected chi connectivity index (χ4v) is 2.99. The van der Waals surface area contributed by atoms with Crippen LogP contribution in [0, 0.1) is 0 Å². The molecule has 5 heteroatoms. The van der Waals surface area contributed by atoms with Crippen molar-refractivity contribution in [2.24, 2.45) is 0 Å². The first kappa shape index (κ1) is 15.7. The first-order chi connectivity index (χ1) is 8.36. The number of aliphatic hydroxyl groups excluding tert-OH is 1. The van der Waals surface area contributed by atoms with Gasteiger partial charge in [0.15, 0.2) is 9.84 Å². The molecule has 0 aliphatic carbocycles. The van der Waals surface area contributed by atoms with Crippen LogP contribution in [0.3, 0.4) is 0 Å². The van der Waals surface area contributed by atoms with Crippen molar-refractivity contribution >= 4 is 25.8 Å². The van der Waals surface area contributed by atoms with Gasteiger partial charge in [0.1, 0.15) is 0 Å². The number of benzene rings is 1. The lowest BCUT2D eigenvalue weighted by atomic mass is 9.98. The average Bonchev–Trinajstić information content (AvgIpc) is 2.31. The fourth-order valence-electron chi connectivity index (χ4n) is 1.64. The van der Waals surface area contributed by atoms with E-state index in [0.717, 1.165) is 10.0 Å². The molecule has 0 heterocycles. The zero-order chi connectivity index (χ0) is 13.8. The van der Waals surface area contributed by atoms with E-state index >= 15 is 0 Å². The summed E-state index contributed by atoms with van der Waals surface area (Å²) < 4.78 is 24.5. The summed E-state index contributed by atoms with van der Waals surface area (Å²) in [6.07, 6.45) is 0.457. The van der Waals surface area contributed by atoms with Crippen LogP contribution in [-0.4, -0.2) is 31.1 Å². The molecule has 1 aromatic rings. The lowest BCUT2D eigenvalue weighted by molar-refractivity contribution is 0.262. The summed E-state index contributed by atoms with van der Waals surface area (Å²) in [6, 6.07) is 7.61. The van der Waals surface area contributed by atoms with E-state index in [0.29, 0.717) is 6.42 Å². The predicted molar refractivity (Wildman–Crippen MR) is 77.5 cm³/mol. The molecule has 0 fully saturated rings. The summed E-state index contributed by atoms with van der Waals surface area (Å²) in [5.74, 6) is -0.00184. The van der Waals surface area contributed by atoms with Gasteiger partial charge in [0.2, 0.25) is 0 Å². The molecule has 0 amide bonds. The quantitative estimate of drug-likeness (QED) is 0.870.